The highest BCUT2D eigenvalue weighted by Gasteiger charge is 2.28. The standard InChI is InChI=1S/C19H28ClN3O2/c1-14(2)12-22-19(25)23-10-4-6-16(13-23)18(24)21-9-8-15-5-3-7-17(20)11-15/h3,5,7,11,14,16H,4,6,8-10,12-13H2,1-2H3,(H,21,24)(H,22,25). The van der Waals surface area contributed by atoms with Crippen molar-refractivity contribution in [2.75, 3.05) is 26.2 Å². The zero-order valence-electron chi connectivity index (χ0n) is 15.1. The van der Waals surface area contributed by atoms with Crippen LogP contribution in [0.3, 0.4) is 0 Å². The van der Waals surface area contributed by atoms with Crippen LogP contribution in [-0.2, 0) is 11.2 Å². The summed E-state index contributed by atoms with van der Waals surface area (Å²) in [7, 11) is 0. The Balaban J connectivity index is 1.76. The summed E-state index contributed by atoms with van der Waals surface area (Å²) in [4.78, 5) is 26.3. The number of nitrogens with zero attached hydrogens (tertiary/aromatic N) is 1. The van der Waals surface area contributed by atoms with E-state index in [9.17, 15) is 9.59 Å². The third-order valence-corrected chi connectivity index (χ3v) is 4.58. The van der Waals surface area contributed by atoms with Gasteiger partial charge in [0.1, 0.15) is 0 Å². The van der Waals surface area contributed by atoms with Gasteiger partial charge in [-0.3, -0.25) is 4.79 Å². The van der Waals surface area contributed by atoms with Gasteiger partial charge in [0.15, 0.2) is 0 Å². The second-order valence-corrected chi connectivity index (χ2v) is 7.47. The molecule has 2 rings (SSSR count). The maximum atomic E-state index is 12.4. The molecule has 138 valence electrons. The summed E-state index contributed by atoms with van der Waals surface area (Å²) in [5, 5.41) is 6.62. The van der Waals surface area contributed by atoms with E-state index in [1.807, 2.05) is 24.3 Å². The van der Waals surface area contributed by atoms with E-state index in [4.69, 9.17) is 11.6 Å². The Morgan fingerprint density at radius 3 is 2.84 bits per heavy atom. The van der Waals surface area contributed by atoms with Crippen LogP contribution < -0.4 is 10.6 Å². The van der Waals surface area contributed by atoms with Crippen molar-refractivity contribution in [3.63, 3.8) is 0 Å². The fraction of sp³-hybridized carbons (Fsp3) is 0.579. The van der Waals surface area contributed by atoms with Crippen molar-refractivity contribution in [2.45, 2.75) is 33.1 Å². The number of amides is 3. The average molecular weight is 366 g/mol. The average Bonchev–Trinajstić information content (AvgIpc) is 2.59. The number of hydrogen-bond donors (Lipinski definition) is 2. The molecule has 0 aliphatic carbocycles. The Hall–Kier alpha value is -1.75. The van der Waals surface area contributed by atoms with Gasteiger partial charge in [0, 0.05) is 31.2 Å². The van der Waals surface area contributed by atoms with E-state index in [0.29, 0.717) is 30.6 Å². The monoisotopic (exact) mass is 365 g/mol. The molecule has 0 aromatic heterocycles. The molecule has 1 aliphatic rings. The summed E-state index contributed by atoms with van der Waals surface area (Å²) >= 11 is 5.97. The number of carbonyl (C=O) groups excluding carboxylic acids is 2. The summed E-state index contributed by atoms with van der Waals surface area (Å²) < 4.78 is 0. The van der Waals surface area contributed by atoms with E-state index in [2.05, 4.69) is 24.5 Å². The molecule has 1 heterocycles. The minimum atomic E-state index is -0.127. The van der Waals surface area contributed by atoms with E-state index in [-0.39, 0.29) is 17.9 Å². The Labute approximate surface area is 155 Å². The lowest BCUT2D eigenvalue weighted by Gasteiger charge is -2.32. The van der Waals surface area contributed by atoms with Gasteiger partial charge >= 0.3 is 6.03 Å². The molecule has 6 heteroatoms. The van der Waals surface area contributed by atoms with Gasteiger partial charge in [0.25, 0.3) is 0 Å². The predicted octanol–water partition coefficient (Wildman–Crippen LogP) is 3.08. The van der Waals surface area contributed by atoms with Gasteiger partial charge in [-0.2, -0.15) is 0 Å². The minimum Gasteiger partial charge on any atom is -0.355 e. The van der Waals surface area contributed by atoms with Gasteiger partial charge in [-0.25, -0.2) is 4.79 Å². The Bertz CT molecular complexity index is 592. The van der Waals surface area contributed by atoms with Crippen molar-refractivity contribution in [3.05, 3.63) is 34.9 Å². The molecule has 1 aliphatic heterocycles. The highest BCUT2D eigenvalue weighted by molar-refractivity contribution is 6.30. The first-order chi connectivity index (χ1) is 12.0. The third-order valence-electron chi connectivity index (χ3n) is 4.34. The summed E-state index contributed by atoms with van der Waals surface area (Å²) in [6.45, 7) is 6.57. The molecule has 1 atom stereocenters. The van der Waals surface area contributed by atoms with E-state index < -0.39 is 0 Å². The Morgan fingerprint density at radius 2 is 2.12 bits per heavy atom. The van der Waals surface area contributed by atoms with Crippen molar-refractivity contribution < 1.29 is 9.59 Å². The molecule has 1 aromatic carbocycles. The molecular weight excluding hydrogens is 338 g/mol. The molecule has 1 fully saturated rings. The molecule has 5 nitrogen and oxygen atoms in total. The SMILES string of the molecule is CC(C)CNC(=O)N1CCCC(C(=O)NCCc2cccc(Cl)c2)C1. The van der Waals surface area contributed by atoms with Gasteiger partial charge in [0.05, 0.1) is 5.92 Å². The highest BCUT2D eigenvalue weighted by atomic mass is 35.5. The second kappa shape index (κ2) is 9.66. The summed E-state index contributed by atoms with van der Waals surface area (Å²) in [5.41, 5.74) is 1.10. The van der Waals surface area contributed by atoms with E-state index in [0.717, 1.165) is 31.4 Å². The van der Waals surface area contributed by atoms with Gasteiger partial charge < -0.3 is 15.5 Å². The number of likely N-dealkylation sites (tertiary alicyclic amines) is 1. The molecule has 1 unspecified atom stereocenters. The van der Waals surface area contributed by atoms with Crippen LogP contribution in [0.4, 0.5) is 4.79 Å². The van der Waals surface area contributed by atoms with E-state index >= 15 is 0 Å². The highest BCUT2D eigenvalue weighted by Crippen LogP contribution is 2.17. The zero-order valence-corrected chi connectivity index (χ0v) is 15.8. The number of hydrogen-bond acceptors (Lipinski definition) is 2. The fourth-order valence-electron chi connectivity index (χ4n) is 2.95. The van der Waals surface area contributed by atoms with Crippen LogP contribution in [0, 0.1) is 11.8 Å². The predicted molar refractivity (Wildman–Crippen MR) is 101 cm³/mol. The Kier molecular flexibility index (Phi) is 7.56. The number of nitrogens with one attached hydrogen (secondary N) is 2. The summed E-state index contributed by atoms with van der Waals surface area (Å²) in [6, 6.07) is 7.60. The van der Waals surface area contributed by atoms with Gasteiger partial charge in [-0.1, -0.05) is 37.6 Å². The smallest absolute Gasteiger partial charge is 0.317 e. The number of benzene rings is 1. The molecule has 25 heavy (non-hydrogen) atoms. The van der Waals surface area contributed by atoms with Crippen molar-refractivity contribution in [3.8, 4) is 0 Å². The van der Waals surface area contributed by atoms with Crippen LogP contribution >= 0.6 is 11.6 Å². The fourth-order valence-corrected chi connectivity index (χ4v) is 3.16. The number of urea groups is 1. The van der Waals surface area contributed by atoms with Crippen LogP contribution in [0.5, 0.6) is 0 Å². The maximum absolute atomic E-state index is 12.4. The topological polar surface area (TPSA) is 61.4 Å². The quantitative estimate of drug-likeness (QED) is 0.813. The second-order valence-electron chi connectivity index (χ2n) is 7.04. The Morgan fingerprint density at radius 1 is 1.32 bits per heavy atom. The van der Waals surface area contributed by atoms with Gasteiger partial charge in [0.2, 0.25) is 5.91 Å². The number of carbonyl (C=O) groups is 2. The first-order valence-corrected chi connectivity index (χ1v) is 9.38. The van der Waals surface area contributed by atoms with Crippen LogP contribution in [-0.4, -0.2) is 43.0 Å². The van der Waals surface area contributed by atoms with Crippen molar-refractivity contribution in [1.29, 1.82) is 0 Å². The summed E-state index contributed by atoms with van der Waals surface area (Å²) in [5.74, 6) is 0.320. The molecule has 0 radical (unpaired) electrons. The van der Waals surface area contributed by atoms with Crippen molar-refractivity contribution >= 4 is 23.5 Å². The minimum absolute atomic E-state index is 0.0309. The molecule has 1 aromatic rings. The van der Waals surface area contributed by atoms with E-state index in [1.165, 1.54) is 0 Å². The zero-order chi connectivity index (χ0) is 18.2. The lowest BCUT2D eigenvalue weighted by molar-refractivity contribution is -0.126. The number of halogens is 1. The van der Waals surface area contributed by atoms with Crippen molar-refractivity contribution in [1.82, 2.24) is 15.5 Å². The molecule has 1 saturated heterocycles. The van der Waals surface area contributed by atoms with Gasteiger partial charge in [-0.15, -0.1) is 0 Å². The number of rotatable bonds is 6. The largest absolute Gasteiger partial charge is 0.355 e. The molecule has 0 spiro atoms. The van der Waals surface area contributed by atoms with E-state index in [1.54, 1.807) is 4.90 Å². The van der Waals surface area contributed by atoms with Crippen LogP contribution in [0.1, 0.15) is 32.3 Å². The van der Waals surface area contributed by atoms with Gasteiger partial charge in [-0.05, 0) is 42.9 Å². The van der Waals surface area contributed by atoms with Crippen LogP contribution in [0.2, 0.25) is 5.02 Å². The first-order valence-electron chi connectivity index (χ1n) is 9.00. The molecule has 0 bridgehead atoms. The maximum Gasteiger partial charge on any atom is 0.317 e. The van der Waals surface area contributed by atoms with Crippen LogP contribution in [0.15, 0.2) is 24.3 Å². The molecule has 3 amide bonds. The lowest BCUT2D eigenvalue weighted by atomic mass is 9.97. The number of piperidine rings is 1. The first kappa shape index (κ1) is 19.6. The third kappa shape index (κ3) is 6.58. The molecular formula is C19H28ClN3O2. The summed E-state index contributed by atoms with van der Waals surface area (Å²) in [6.07, 6.45) is 2.44. The van der Waals surface area contributed by atoms with Crippen LogP contribution in [0.25, 0.3) is 0 Å². The molecule has 2 N–H and O–H groups in total. The molecule has 0 saturated carbocycles. The normalized spacial score (nSPS) is 17.4. The van der Waals surface area contributed by atoms with Crippen molar-refractivity contribution in [2.24, 2.45) is 11.8 Å². The lowest BCUT2D eigenvalue weighted by Crippen LogP contribution is -2.49.